The molecule has 2 heteroatoms. The molecule has 0 amide bonds. The van der Waals surface area contributed by atoms with Crippen molar-refractivity contribution in [3.63, 3.8) is 0 Å². The average molecular weight is 137 g/mol. The second kappa shape index (κ2) is 3.34. The number of rotatable bonds is 2. The lowest BCUT2D eigenvalue weighted by Gasteiger charge is -1.98. The van der Waals surface area contributed by atoms with Gasteiger partial charge in [0.05, 0.1) is 0 Å². The molecule has 1 aromatic carbocycles. The minimum absolute atomic E-state index is 0.516. The molecular formula is C8H11NO. The van der Waals surface area contributed by atoms with Gasteiger partial charge >= 0.3 is 0 Å². The predicted molar refractivity (Wildman–Crippen MR) is 39.8 cm³/mol. The van der Waals surface area contributed by atoms with Crippen LogP contribution in [-0.4, -0.2) is 5.21 Å². The summed E-state index contributed by atoms with van der Waals surface area (Å²) >= 11 is 0. The summed E-state index contributed by atoms with van der Waals surface area (Å²) in [6.07, 6.45) is 0. The van der Waals surface area contributed by atoms with E-state index in [-0.39, 0.29) is 0 Å². The zero-order chi connectivity index (χ0) is 7.40. The highest BCUT2D eigenvalue weighted by molar-refractivity contribution is 5.21. The molecule has 0 aliphatic rings. The van der Waals surface area contributed by atoms with Gasteiger partial charge in [0.1, 0.15) is 0 Å². The first kappa shape index (κ1) is 7.25. The van der Waals surface area contributed by atoms with Crippen LogP contribution in [0, 0.1) is 6.92 Å². The average Bonchev–Trinajstić information content (AvgIpc) is 1.88. The van der Waals surface area contributed by atoms with E-state index in [1.807, 2.05) is 31.2 Å². The van der Waals surface area contributed by atoms with Crippen molar-refractivity contribution < 1.29 is 5.21 Å². The first-order valence-electron chi connectivity index (χ1n) is 3.25. The SMILES string of the molecule is Cc1cccc(CNO)c1. The number of nitrogens with one attached hydrogen (secondary N) is 1. The Kier molecular flexibility index (Phi) is 2.42. The van der Waals surface area contributed by atoms with Gasteiger partial charge < -0.3 is 5.21 Å². The van der Waals surface area contributed by atoms with Gasteiger partial charge in [-0.2, -0.15) is 0 Å². The molecule has 1 aromatic rings. The van der Waals surface area contributed by atoms with Gasteiger partial charge in [0.2, 0.25) is 0 Å². The summed E-state index contributed by atoms with van der Waals surface area (Å²) in [4.78, 5) is 0. The number of hydrogen-bond acceptors (Lipinski definition) is 2. The number of hydroxylamine groups is 1. The van der Waals surface area contributed by atoms with E-state index >= 15 is 0 Å². The lowest BCUT2D eigenvalue weighted by molar-refractivity contribution is 0.161. The van der Waals surface area contributed by atoms with Crippen molar-refractivity contribution in [3.8, 4) is 0 Å². The van der Waals surface area contributed by atoms with E-state index in [4.69, 9.17) is 5.21 Å². The van der Waals surface area contributed by atoms with Gasteiger partial charge in [0.25, 0.3) is 0 Å². The van der Waals surface area contributed by atoms with Crippen LogP contribution in [0.4, 0.5) is 0 Å². The smallest absolute Gasteiger partial charge is 0.0458 e. The fourth-order valence-corrected chi connectivity index (χ4v) is 0.913. The van der Waals surface area contributed by atoms with Crippen LogP contribution < -0.4 is 5.48 Å². The van der Waals surface area contributed by atoms with E-state index in [1.165, 1.54) is 5.56 Å². The molecule has 2 nitrogen and oxygen atoms in total. The predicted octanol–water partition coefficient (Wildman–Crippen LogP) is 1.47. The van der Waals surface area contributed by atoms with Crippen molar-refractivity contribution in [2.75, 3.05) is 0 Å². The number of aryl methyl sites for hydroxylation is 1. The van der Waals surface area contributed by atoms with E-state index in [2.05, 4.69) is 5.48 Å². The van der Waals surface area contributed by atoms with Crippen molar-refractivity contribution in [3.05, 3.63) is 35.4 Å². The van der Waals surface area contributed by atoms with Gasteiger partial charge in [0, 0.05) is 6.54 Å². The van der Waals surface area contributed by atoms with Crippen molar-refractivity contribution in [2.45, 2.75) is 13.5 Å². The van der Waals surface area contributed by atoms with Gasteiger partial charge in [-0.05, 0) is 12.5 Å². The molecule has 0 aromatic heterocycles. The fraction of sp³-hybridized carbons (Fsp3) is 0.250. The van der Waals surface area contributed by atoms with Gasteiger partial charge in [-0.25, -0.2) is 5.48 Å². The molecule has 0 aliphatic carbocycles. The Balaban J connectivity index is 2.75. The molecule has 0 saturated heterocycles. The molecule has 0 spiro atoms. The Morgan fingerprint density at radius 2 is 2.30 bits per heavy atom. The summed E-state index contributed by atoms with van der Waals surface area (Å²) in [6.45, 7) is 2.54. The largest absolute Gasteiger partial charge is 0.316 e. The van der Waals surface area contributed by atoms with Crippen LogP contribution in [0.1, 0.15) is 11.1 Å². The van der Waals surface area contributed by atoms with Gasteiger partial charge in [-0.15, -0.1) is 0 Å². The van der Waals surface area contributed by atoms with Crippen LogP contribution in [-0.2, 0) is 6.54 Å². The van der Waals surface area contributed by atoms with E-state index in [0.717, 1.165) is 5.56 Å². The van der Waals surface area contributed by atoms with Gasteiger partial charge in [-0.3, -0.25) is 0 Å². The summed E-state index contributed by atoms with van der Waals surface area (Å²) in [5.74, 6) is 0. The van der Waals surface area contributed by atoms with Crippen LogP contribution in [0.15, 0.2) is 24.3 Å². The third-order valence-electron chi connectivity index (χ3n) is 1.37. The van der Waals surface area contributed by atoms with E-state index in [0.29, 0.717) is 6.54 Å². The van der Waals surface area contributed by atoms with Crippen LogP contribution in [0.25, 0.3) is 0 Å². The van der Waals surface area contributed by atoms with Crippen LogP contribution >= 0.6 is 0 Å². The summed E-state index contributed by atoms with van der Waals surface area (Å²) in [5.41, 5.74) is 4.43. The molecule has 0 saturated carbocycles. The Bertz CT molecular complexity index is 210. The second-order valence-electron chi connectivity index (χ2n) is 2.32. The zero-order valence-electron chi connectivity index (χ0n) is 5.96. The molecule has 54 valence electrons. The Labute approximate surface area is 60.5 Å². The van der Waals surface area contributed by atoms with Crippen molar-refractivity contribution in [2.24, 2.45) is 0 Å². The first-order valence-corrected chi connectivity index (χ1v) is 3.25. The Morgan fingerprint density at radius 3 is 2.90 bits per heavy atom. The monoisotopic (exact) mass is 137 g/mol. The molecule has 0 radical (unpaired) electrons. The molecule has 2 N–H and O–H groups in total. The van der Waals surface area contributed by atoms with Crippen molar-refractivity contribution >= 4 is 0 Å². The molecule has 0 fully saturated rings. The molecule has 0 atom stereocenters. The van der Waals surface area contributed by atoms with Crippen LogP contribution in [0.5, 0.6) is 0 Å². The molecule has 0 unspecified atom stereocenters. The molecule has 0 heterocycles. The van der Waals surface area contributed by atoms with E-state index < -0.39 is 0 Å². The van der Waals surface area contributed by atoms with Gasteiger partial charge in [-0.1, -0.05) is 29.8 Å². The first-order chi connectivity index (χ1) is 4.83. The fourth-order valence-electron chi connectivity index (χ4n) is 0.913. The minimum Gasteiger partial charge on any atom is -0.316 e. The normalized spacial score (nSPS) is 9.80. The molecule has 0 bridgehead atoms. The van der Waals surface area contributed by atoms with Gasteiger partial charge in [0.15, 0.2) is 0 Å². The second-order valence-corrected chi connectivity index (χ2v) is 2.32. The summed E-state index contributed by atoms with van der Waals surface area (Å²) in [7, 11) is 0. The maximum absolute atomic E-state index is 8.36. The quantitative estimate of drug-likeness (QED) is 0.605. The van der Waals surface area contributed by atoms with Crippen LogP contribution in [0.3, 0.4) is 0 Å². The third-order valence-corrected chi connectivity index (χ3v) is 1.37. The summed E-state index contributed by atoms with van der Waals surface area (Å²) < 4.78 is 0. The lowest BCUT2D eigenvalue weighted by atomic mass is 10.1. The van der Waals surface area contributed by atoms with Crippen molar-refractivity contribution in [1.29, 1.82) is 0 Å². The van der Waals surface area contributed by atoms with Crippen LogP contribution in [0.2, 0.25) is 0 Å². The maximum Gasteiger partial charge on any atom is 0.0458 e. The molecule has 1 rings (SSSR count). The van der Waals surface area contributed by atoms with E-state index in [9.17, 15) is 0 Å². The highest BCUT2D eigenvalue weighted by Crippen LogP contribution is 2.02. The lowest BCUT2D eigenvalue weighted by Crippen LogP contribution is -2.05. The van der Waals surface area contributed by atoms with E-state index in [1.54, 1.807) is 0 Å². The number of hydrogen-bond donors (Lipinski definition) is 2. The summed E-state index contributed by atoms with van der Waals surface area (Å²) in [6, 6.07) is 8.00. The highest BCUT2D eigenvalue weighted by atomic mass is 16.5. The third kappa shape index (κ3) is 1.83. The Morgan fingerprint density at radius 1 is 1.50 bits per heavy atom. The minimum atomic E-state index is 0.516. The molecule has 10 heavy (non-hydrogen) atoms. The molecule has 0 aliphatic heterocycles. The standard InChI is InChI=1S/C8H11NO/c1-7-3-2-4-8(5-7)6-9-10/h2-5,9-10H,6H2,1H3. The number of benzene rings is 1. The molecular weight excluding hydrogens is 126 g/mol. The highest BCUT2D eigenvalue weighted by Gasteiger charge is 1.89. The van der Waals surface area contributed by atoms with Crippen molar-refractivity contribution in [1.82, 2.24) is 5.48 Å². The maximum atomic E-state index is 8.36. The summed E-state index contributed by atoms with van der Waals surface area (Å²) in [5, 5.41) is 8.36. The zero-order valence-corrected chi connectivity index (χ0v) is 5.96. The topological polar surface area (TPSA) is 32.3 Å². The Hall–Kier alpha value is -0.860.